The van der Waals surface area contributed by atoms with Crippen LogP contribution in [0, 0.1) is 23.4 Å². The fourth-order valence-electron chi connectivity index (χ4n) is 2.07. The number of halogens is 3. The van der Waals surface area contributed by atoms with Crippen LogP contribution in [0.5, 0.6) is 0 Å². The van der Waals surface area contributed by atoms with Gasteiger partial charge in [0.25, 0.3) is 0 Å². The minimum atomic E-state index is -1.44. The molecule has 1 heterocycles. The van der Waals surface area contributed by atoms with Gasteiger partial charge in [0.15, 0.2) is 17.5 Å². The Morgan fingerprint density at radius 1 is 1.10 bits per heavy atom. The third-order valence-corrected chi connectivity index (χ3v) is 3.08. The van der Waals surface area contributed by atoms with Gasteiger partial charge in [0.05, 0.1) is 5.69 Å². The molecular weight excluding hydrogens is 289 g/mol. The number of hydrogen-bond acceptors (Lipinski definition) is 3. The number of benzene rings is 1. The first-order valence-corrected chi connectivity index (χ1v) is 6.20. The number of imide groups is 2. The van der Waals surface area contributed by atoms with Gasteiger partial charge in [0.2, 0.25) is 11.8 Å². The van der Waals surface area contributed by atoms with Gasteiger partial charge < -0.3 is 0 Å². The van der Waals surface area contributed by atoms with E-state index in [9.17, 15) is 27.6 Å². The maximum Gasteiger partial charge on any atom is 0.335 e. The van der Waals surface area contributed by atoms with Crippen molar-refractivity contribution in [2.75, 3.05) is 4.90 Å². The Morgan fingerprint density at radius 2 is 1.71 bits per heavy atom. The van der Waals surface area contributed by atoms with Crippen LogP contribution in [0.3, 0.4) is 0 Å². The number of nitrogens with zero attached hydrogens (tertiary/aromatic N) is 1. The van der Waals surface area contributed by atoms with Gasteiger partial charge in [0.1, 0.15) is 5.92 Å². The van der Waals surface area contributed by atoms with Gasteiger partial charge in [-0.2, -0.15) is 0 Å². The number of carbonyl (C=O) groups is 3. The zero-order valence-electron chi connectivity index (χ0n) is 11.0. The van der Waals surface area contributed by atoms with E-state index in [-0.39, 0.29) is 12.5 Å². The van der Waals surface area contributed by atoms with Gasteiger partial charge in [-0.1, -0.05) is 13.3 Å². The summed E-state index contributed by atoms with van der Waals surface area (Å²) in [5.41, 5.74) is -0.731. The van der Waals surface area contributed by atoms with Crippen molar-refractivity contribution in [3.8, 4) is 0 Å². The Bertz CT molecular complexity index is 633. The van der Waals surface area contributed by atoms with Gasteiger partial charge in [-0.3, -0.25) is 14.9 Å². The first-order valence-electron chi connectivity index (χ1n) is 6.20. The van der Waals surface area contributed by atoms with Crippen LogP contribution in [-0.4, -0.2) is 17.8 Å². The zero-order valence-corrected chi connectivity index (χ0v) is 11.0. The summed E-state index contributed by atoms with van der Waals surface area (Å²) in [6, 6.07) is -0.556. The Morgan fingerprint density at radius 3 is 2.33 bits per heavy atom. The minimum absolute atomic E-state index is 0.153. The molecule has 0 saturated carbocycles. The fraction of sp³-hybridized carbons (Fsp3) is 0.308. The van der Waals surface area contributed by atoms with Gasteiger partial charge in [0, 0.05) is 12.1 Å². The average Bonchev–Trinajstić information content (AvgIpc) is 2.40. The van der Waals surface area contributed by atoms with Crippen LogP contribution in [0.25, 0.3) is 0 Å². The molecule has 0 radical (unpaired) electrons. The van der Waals surface area contributed by atoms with Crippen molar-refractivity contribution in [2.45, 2.75) is 19.8 Å². The van der Waals surface area contributed by atoms with Crippen LogP contribution < -0.4 is 10.2 Å². The van der Waals surface area contributed by atoms with E-state index < -0.39 is 46.9 Å². The van der Waals surface area contributed by atoms with Crippen LogP contribution in [0.15, 0.2) is 12.1 Å². The predicted molar refractivity (Wildman–Crippen MR) is 65.7 cm³/mol. The molecule has 1 unspecified atom stereocenters. The number of carbonyl (C=O) groups excluding carboxylic acids is 3. The Kier molecular flexibility index (Phi) is 3.97. The molecule has 2 rings (SSSR count). The Balaban J connectivity index is 2.46. The number of urea groups is 1. The third-order valence-electron chi connectivity index (χ3n) is 3.08. The molecule has 5 nitrogen and oxygen atoms in total. The molecule has 21 heavy (non-hydrogen) atoms. The van der Waals surface area contributed by atoms with E-state index in [0.717, 1.165) is 0 Å². The number of anilines is 1. The molecule has 1 fully saturated rings. The minimum Gasteiger partial charge on any atom is -0.277 e. The molecule has 1 atom stereocenters. The second kappa shape index (κ2) is 5.55. The molecule has 0 aliphatic carbocycles. The highest BCUT2D eigenvalue weighted by atomic mass is 19.2. The topological polar surface area (TPSA) is 66.5 Å². The molecule has 112 valence electrons. The van der Waals surface area contributed by atoms with E-state index >= 15 is 0 Å². The molecule has 1 aromatic rings. The van der Waals surface area contributed by atoms with Gasteiger partial charge >= 0.3 is 6.03 Å². The summed E-state index contributed by atoms with van der Waals surface area (Å²) in [5.74, 6) is -7.04. The maximum absolute atomic E-state index is 13.7. The molecule has 0 bridgehead atoms. The highest BCUT2D eigenvalue weighted by molar-refractivity contribution is 6.27. The molecule has 1 saturated heterocycles. The van der Waals surface area contributed by atoms with Crippen molar-refractivity contribution in [3.63, 3.8) is 0 Å². The monoisotopic (exact) mass is 300 g/mol. The maximum atomic E-state index is 13.7. The second-order valence-electron chi connectivity index (χ2n) is 4.53. The van der Waals surface area contributed by atoms with Crippen LogP contribution in [-0.2, 0) is 9.59 Å². The predicted octanol–water partition coefficient (Wildman–Crippen LogP) is 2.10. The Hall–Kier alpha value is -2.38. The van der Waals surface area contributed by atoms with E-state index in [1.165, 1.54) is 0 Å². The van der Waals surface area contributed by atoms with Crippen LogP contribution >= 0.6 is 0 Å². The first-order chi connectivity index (χ1) is 9.86. The molecule has 4 amide bonds. The lowest BCUT2D eigenvalue weighted by Gasteiger charge is -2.30. The van der Waals surface area contributed by atoms with Crippen molar-refractivity contribution in [2.24, 2.45) is 5.92 Å². The van der Waals surface area contributed by atoms with Crippen LogP contribution in [0.2, 0.25) is 0 Å². The SMILES string of the molecule is CCCC1C(=O)NC(=O)N(c2cc(F)c(F)cc2F)C1=O. The summed E-state index contributed by atoms with van der Waals surface area (Å²) in [6.45, 7) is 1.72. The van der Waals surface area contributed by atoms with Crippen molar-refractivity contribution in [1.82, 2.24) is 5.32 Å². The fourth-order valence-corrected chi connectivity index (χ4v) is 2.07. The van der Waals surface area contributed by atoms with Gasteiger partial charge in [-0.15, -0.1) is 0 Å². The summed E-state index contributed by atoms with van der Waals surface area (Å²) in [5, 5.41) is 1.90. The summed E-state index contributed by atoms with van der Waals surface area (Å²) < 4.78 is 39.8. The molecule has 1 aromatic carbocycles. The van der Waals surface area contributed by atoms with Crippen molar-refractivity contribution in [3.05, 3.63) is 29.6 Å². The third kappa shape index (κ3) is 2.61. The average molecular weight is 300 g/mol. The molecule has 1 aliphatic heterocycles. The molecule has 8 heteroatoms. The van der Waals surface area contributed by atoms with Gasteiger partial charge in [-0.05, 0) is 6.42 Å². The molecule has 0 aromatic heterocycles. The van der Waals surface area contributed by atoms with Gasteiger partial charge in [-0.25, -0.2) is 22.9 Å². The first kappa shape index (κ1) is 15.0. The molecule has 1 aliphatic rings. The number of barbiturate groups is 1. The molecular formula is C13H11F3N2O3. The second-order valence-corrected chi connectivity index (χ2v) is 4.53. The molecule has 1 N–H and O–H groups in total. The highest BCUT2D eigenvalue weighted by Crippen LogP contribution is 2.27. The zero-order chi connectivity index (χ0) is 15.7. The van der Waals surface area contributed by atoms with Crippen molar-refractivity contribution >= 4 is 23.5 Å². The van der Waals surface area contributed by atoms with Crippen molar-refractivity contribution in [1.29, 1.82) is 0 Å². The lowest BCUT2D eigenvalue weighted by molar-refractivity contribution is -0.134. The summed E-state index contributed by atoms with van der Waals surface area (Å²) in [4.78, 5) is 35.8. The van der Waals surface area contributed by atoms with Crippen molar-refractivity contribution < 1.29 is 27.6 Å². The number of amides is 4. The number of rotatable bonds is 3. The lowest BCUT2D eigenvalue weighted by atomic mass is 9.99. The summed E-state index contributed by atoms with van der Waals surface area (Å²) in [6.07, 6.45) is 0.631. The van der Waals surface area contributed by atoms with E-state index in [4.69, 9.17) is 0 Å². The van der Waals surface area contributed by atoms with E-state index in [0.29, 0.717) is 17.4 Å². The largest absolute Gasteiger partial charge is 0.335 e. The Labute approximate surface area is 117 Å². The normalized spacial score (nSPS) is 19.0. The summed E-state index contributed by atoms with van der Waals surface area (Å²) >= 11 is 0. The highest BCUT2D eigenvalue weighted by Gasteiger charge is 2.41. The van der Waals surface area contributed by atoms with Crippen LogP contribution in [0.4, 0.5) is 23.7 Å². The summed E-state index contributed by atoms with van der Waals surface area (Å²) in [7, 11) is 0. The molecule has 0 spiro atoms. The standard InChI is InChI=1S/C13H11F3N2O3/c1-2-3-6-11(19)17-13(21)18(12(6)20)10-5-8(15)7(14)4-9(10)16/h4-6H,2-3H2,1H3,(H,17,19,21). The number of nitrogens with one attached hydrogen (secondary N) is 1. The van der Waals surface area contributed by atoms with E-state index in [1.54, 1.807) is 6.92 Å². The van der Waals surface area contributed by atoms with E-state index in [2.05, 4.69) is 0 Å². The quantitative estimate of drug-likeness (QED) is 0.686. The smallest absolute Gasteiger partial charge is 0.277 e. The lowest BCUT2D eigenvalue weighted by Crippen LogP contribution is -2.58. The number of hydrogen-bond donors (Lipinski definition) is 1. The van der Waals surface area contributed by atoms with Crippen LogP contribution in [0.1, 0.15) is 19.8 Å². The van der Waals surface area contributed by atoms with E-state index in [1.807, 2.05) is 5.32 Å².